The third-order valence-corrected chi connectivity index (χ3v) is 2.92. The molecule has 0 amide bonds. The molecule has 0 fully saturated rings. The van der Waals surface area contributed by atoms with Gasteiger partial charge in [0.2, 0.25) is 5.95 Å². The van der Waals surface area contributed by atoms with Gasteiger partial charge in [0, 0.05) is 12.3 Å². The van der Waals surface area contributed by atoms with Crippen molar-refractivity contribution in [1.29, 1.82) is 0 Å². The van der Waals surface area contributed by atoms with Gasteiger partial charge >= 0.3 is 6.01 Å². The predicted molar refractivity (Wildman–Crippen MR) is 70.7 cm³/mol. The van der Waals surface area contributed by atoms with Crippen LogP contribution < -0.4 is 10.1 Å². The molecule has 0 aliphatic heterocycles. The van der Waals surface area contributed by atoms with Gasteiger partial charge in [0.05, 0.1) is 7.11 Å². The summed E-state index contributed by atoms with van der Waals surface area (Å²) in [5.41, 5.74) is 0. The van der Waals surface area contributed by atoms with Crippen LogP contribution in [0.1, 0.15) is 27.2 Å². The normalized spacial score (nSPS) is 10.6. The summed E-state index contributed by atoms with van der Waals surface area (Å²) in [5.74, 6) is 2.28. The first-order chi connectivity index (χ1) is 8.15. The lowest BCUT2D eigenvalue weighted by Gasteiger charge is -2.07. The molecule has 96 valence electrons. The first kappa shape index (κ1) is 14.0. The smallest absolute Gasteiger partial charge is 0.321 e. The number of rotatable bonds is 7. The number of nitrogens with one attached hydrogen (secondary N) is 1. The molecule has 0 saturated carbocycles. The fourth-order valence-electron chi connectivity index (χ4n) is 1.12. The van der Waals surface area contributed by atoms with Gasteiger partial charge in [-0.2, -0.15) is 15.0 Å². The Bertz CT molecular complexity index is 346. The van der Waals surface area contributed by atoms with Crippen molar-refractivity contribution in [2.24, 2.45) is 5.92 Å². The Hall–Kier alpha value is -1.04. The van der Waals surface area contributed by atoms with Crippen LogP contribution in [-0.4, -0.2) is 34.4 Å². The molecule has 0 bridgehead atoms. The minimum absolute atomic E-state index is 0.364. The maximum absolute atomic E-state index is 5.05. The van der Waals surface area contributed by atoms with Crippen LogP contribution in [-0.2, 0) is 0 Å². The zero-order valence-corrected chi connectivity index (χ0v) is 11.7. The summed E-state index contributed by atoms with van der Waals surface area (Å²) >= 11 is 1.64. The maximum atomic E-state index is 5.05. The molecule has 1 aromatic heterocycles. The van der Waals surface area contributed by atoms with Crippen molar-refractivity contribution in [2.45, 2.75) is 32.3 Å². The molecule has 1 N–H and O–H groups in total. The lowest BCUT2D eigenvalue weighted by atomic mass is 10.2. The SMILES string of the molecule is CCNc1nc(OC)nc(SCCC(C)C)n1. The van der Waals surface area contributed by atoms with Crippen LogP contribution in [0.2, 0.25) is 0 Å². The number of hydrogen-bond donors (Lipinski definition) is 1. The number of hydrogen-bond acceptors (Lipinski definition) is 6. The molecular weight excluding hydrogens is 236 g/mol. The largest absolute Gasteiger partial charge is 0.467 e. The van der Waals surface area contributed by atoms with E-state index in [-0.39, 0.29) is 0 Å². The number of nitrogens with zero attached hydrogens (tertiary/aromatic N) is 3. The molecule has 1 aromatic rings. The van der Waals surface area contributed by atoms with E-state index in [1.165, 1.54) is 0 Å². The highest BCUT2D eigenvalue weighted by Gasteiger charge is 2.07. The zero-order valence-electron chi connectivity index (χ0n) is 10.9. The molecule has 0 radical (unpaired) electrons. The molecule has 1 rings (SSSR count). The van der Waals surface area contributed by atoms with Gasteiger partial charge in [0.1, 0.15) is 0 Å². The summed E-state index contributed by atoms with van der Waals surface area (Å²) in [6.07, 6.45) is 1.15. The van der Waals surface area contributed by atoms with Crippen LogP contribution in [0.15, 0.2) is 5.16 Å². The van der Waals surface area contributed by atoms with Gasteiger partial charge in [-0.1, -0.05) is 25.6 Å². The van der Waals surface area contributed by atoms with E-state index in [0.717, 1.165) is 18.7 Å². The van der Waals surface area contributed by atoms with Gasteiger partial charge in [-0.3, -0.25) is 0 Å². The summed E-state index contributed by atoms with van der Waals surface area (Å²) in [6, 6.07) is 0.364. The highest BCUT2D eigenvalue weighted by Crippen LogP contribution is 2.19. The highest BCUT2D eigenvalue weighted by molar-refractivity contribution is 7.99. The number of thioether (sulfide) groups is 1. The third kappa shape index (κ3) is 5.21. The number of aromatic nitrogens is 3. The van der Waals surface area contributed by atoms with Crippen molar-refractivity contribution in [2.75, 3.05) is 24.7 Å². The van der Waals surface area contributed by atoms with E-state index in [1.54, 1.807) is 18.9 Å². The van der Waals surface area contributed by atoms with E-state index in [1.807, 2.05) is 6.92 Å². The lowest BCUT2D eigenvalue weighted by molar-refractivity contribution is 0.373. The van der Waals surface area contributed by atoms with Crippen LogP contribution in [0.5, 0.6) is 6.01 Å². The van der Waals surface area contributed by atoms with E-state index in [0.29, 0.717) is 23.0 Å². The first-order valence-corrected chi connectivity index (χ1v) is 6.81. The Morgan fingerprint density at radius 1 is 1.29 bits per heavy atom. The topological polar surface area (TPSA) is 59.9 Å². The second kappa shape index (κ2) is 7.32. The molecule has 17 heavy (non-hydrogen) atoms. The Kier molecular flexibility index (Phi) is 6.04. The van der Waals surface area contributed by atoms with Crippen LogP contribution in [0.3, 0.4) is 0 Å². The second-order valence-electron chi connectivity index (χ2n) is 3.99. The average molecular weight is 256 g/mol. The monoisotopic (exact) mass is 256 g/mol. The van der Waals surface area contributed by atoms with Gasteiger partial charge in [-0.05, 0) is 19.3 Å². The Balaban J connectivity index is 2.66. The summed E-state index contributed by atoms with van der Waals surface area (Å²) in [7, 11) is 1.56. The highest BCUT2D eigenvalue weighted by atomic mass is 32.2. The predicted octanol–water partition coefficient (Wildman–Crippen LogP) is 2.45. The summed E-state index contributed by atoms with van der Waals surface area (Å²) in [6.45, 7) is 7.20. The maximum Gasteiger partial charge on any atom is 0.321 e. The molecule has 0 atom stereocenters. The van der Waals surface area contributed by atoms with E-state index < -0.39 is 0 Å². The van der Waals surface area contributed by atoms with Gasteiger partial charge in [0.15, 0.2) is 5.16 Å². The molecule has 0 spiro atoms. The van der Waals surface area contributed by atoms with Crippen molar-refractivity contribution >= 4 is 17.7 Å². The van der Waals surface area contributed by atoms with Crippen molar-refractivity contribution in [3.05, 3.63) is 0 Å². The van der Waals surface area contributed by atoms with Crippen molar-refractivity contribution in [3.63, 3.8) is 0 Å². The molecule has 0 saturated heterocycles. The van der Waals surface area contributed by atoms with Gasteiger partial charge < -0.3 is 10.1 Å². The molecular formula is C11H20N4OS. The molecule has 5 nitrogen and oxygen atoms in total. The number of anilines is 1. The van der Waals surface area contributed by atoms with E-state index in [4.69, 9.17) is 4.74 Å². The number of methoxy groups -OCH3 is 1. The summed E-state index contributed by atoms with van der Waals surface area (Å²) in [4.78, 5) is 12.6. The summed E-state index contributed by atoms with van der Waals surface area (Å²) < 4.78 is 5.05. The first-order valence-electron chi connectivity index (χ1n) is 5.82. The van der Waals surface area contributed by atoms with Crippen molar-refractivity contribution < 1.29 is 4.74 Å². The van der Waals surface area contributed by atoms with Crippen molar-refractivity contribution in [3.8, 4) is 6.01 Å². The standard InChI is InChI=1S/C11H20N4OS/c1-5-12-9-13-10(16-4)15-11(14-9)17-7-6-8(2)3/h8H,5-7H2,1-4H3,(H,12,13,14,15). The Labute approximate surface area is 107 Å². The number of ether oxygens (including phenoxy) is 1. The van der Waals surface area contributed by atoms with Crippen LogP contribution in [0.4, 0.5) is 5.95 Å². The average Bonchev–Trinajstić information content (AvgIpc) is 2.28. The van der Waals surface area contributed by atoms with Crippen molar-refractivity contribution in [1.82, 2.24) is 15.0 Å². The third-order valence-electron chi connectivity index (χ3n) is 2.04. The molecule has 1 heterocycles. The van der Waals surface area contributed by atoms with Crippen LogP contribution in [0.25, 0.3) is 0 Å². The zero-order chi connectivity index (χ0) is 12.7. The molecule has 0 aliphatic rings. The minimum atomic E-state index is 0.364. The molecule has 6 heteroatoms. The molecule has 0 unspecified atom stereocenters. The minimum Gasteiger partial charge on any atom is -0.467 e. The quantitative estimate of drug-likeness (QED) is 0.756. The summed E-state index contributed by atoms with van der Waals surface area (Å²) in [5, 5.41) is 3.78. The van der Waals surface area contributed by atoms with E-state index in [9.17, 15) is 0 Å². The second-order valence-corrected chi connectivity index (χ2v) is 5.05. The fraction of sp³-hybridized carbons (Fsp3) is 0.727. The Morgan fingerprint density at radius 3 is 2.65 bits per heavy atom. The lowest BCUT2D eigenvalue weighted by Crippen LogP contribution is -2.06. The van der Waals surface area contributed by atoms with Gasteiger partial charge in [0.25, 0.3) is 0 Å². The van der Waals surface area contributed by atoms with Gasteiger partial charge in [-0.25, -0.2) is 0 Å². The van der Waals surface area contributed by atoms with Gasteiger partial charge in [-0.15, -0.1) is 0 Å². The molecule has 0 aromatic carbocycles. The molecule has 0 aliphatic carbocycles. The van der Waals surface area contributed by atoms with Crippen LogP contribution >= 0.6 is 11.8 Å². The van der Waals surface area contributed by atoms with Crippen LogP contribution in [0, 0.1) is 5.92 Å². The fourth-order valence-corrected chi connectivity index (χ4v) is 2.18. The Morgan fingerprint density at radius 2 is 2.06 bits per heavy atom. The van der Waals surface area contributed by atoms with E-state index >= 15 is 0 Å². The van der Waals surface area contributed by atoms with E-state index in [2.05, 4.69) is 34.1 Å².